The quantitative estimate of drug-likeness (QED) is 0.786. The third-order valence-electron chi connectivity index (χ3n) is 3.54. The van der Waals surface area contributed by atoms with Crippen molar-refractivity contribution in [1.82, 2.24) is 15.5 Å². The standard InChI is InChI=1S/C15H22FN3O/c1-2-7-19(14-9-17-10-14)11-15(20)18-8-12-3-5-13(16)6-4-12/h3-6,14,17H,2,7-11H2,1H3,(H,18,20). The summed E-state index contributed by atoms with van der Waals surface area (Å²) < 4.78 is 12.8. The van der Waals surface area contributed by atoms with Crippen LogP contribution in [-0.4, -0.2) is 43.0 Å². The molecule has 1 amide bonds. The van der Waals surface area contributed by atoms with Gasteiger partial charge in [-0.3, -0.25) is 9.69 Å². The van der Waals surface area contributed by atoms with Gasteiger partial charge in [0.25, 0.3) is 0 Å². The van der Waals surface area contributed by atoms with Crippen LogP contribution in [0, 0.1) is 5.82 Å². The first-order chi connectivity index (χ1) is 9.69. The first-order valence-electron chi connectivity index (χ1n) is 7.15. The molecule has 0 saturated carbocycles. The molecule has 0 unspecified atom stereocenters. The Hall–Kier alpha value is -1.46. The zero-order chi connectivity index (χ0) is 14.4. The molecule has 1 saturated heterocycles. The summed E-state index contributed by atoms with van der Waals surface area (Å²) in [5.41, 5.74) is 0.909. The molecule has 4 nitrogen and oxygen atoms in total. The first kappa shape index (κ1) is 14.9. The number of carbonyl (C=O) groups excluding carboxylic acids is 1. The van der Waals surface area contributed by atoms with Gasteiger partial charge in [-0.25, -0.2) is 4.39 Å². The van der Waals surface area contributed by atoms with Crippen molar-refractivity contribution in [3.05, 3.63) is 35.6 Å². The van der Waals surface area contributed by atoms with E-state index in [9.17, 15) is 9.18 Å². The monoisotopic (exact) mass is 279 g/mol. The molecule has 2 rings (SSSR count). The number of nitrogens with one attached hydrogen (secondary N) is 2. The summed E-state index contributed by atoms with van der Waals surface area (Å²) in [5, 5.41) is 6.11. The summed E-state index contributed by atoms with van der Waals surface area (Å²) in [6.07, 6.45) is 1.04. The van der Waals surface area contributed by atoms with Crippen molar-refractivity contribution in [2.24, 2.45) is 0 Å². The summed E-state index contributed by atoms with van der Waals surface area (Å²) in [4.78, 5) is 14.2. The maximum Gasteiger partial charge on any atom is 0.234 e. The van der Waals surface area contributed by atoms with E-state index in [0.717, 1.165) is 31.6 Å². The van der Waals surface area contributed by atoms with Crippen LogP contribution < -0.4 is 10.6 Å². The van der Waals surface area contributed by atoms with Crippen LogP contribution in [-0.2, 0) is 11.3 Å². The predicted octanol–water partition coefficient (Wildman–Crippen LogP) is 1.13. The summed E-state index contributed by atoms with van der Waals surface area (Å²) in [5.74, 6) is -0.235. The molecule has 5 heteroatoms. The van der Waals surface area contributed by atoms with Crippen LogP contribution in [0.5, 0.6) is 0 Å². The van der Waals surface area contributed by atoms with Crippen molar-refractivity contribution in [2.75, 3.05) is 26.2 Å². The summed E-state index contributed by atoms with van der Waals surface area (Å²) in [7, 11) is 0. The van der Waals surface area contributed by atoms with E-state index in [1.54, 1.807) is 12.1 Å². The highest BCUT2D eigenvalue weighted by atomic mass is 19.1. The highest BCUT2D eigenvalue weighted by Crippen LogP contribution is 2.06. The predicted molar refractivity (Wildman–Crippen MR) is 76.8 cm³/mol. The first-order valence-corrected chi connectivity index (χ1v) is 7.15. The lowest BCUT2D eigenvalue weighted by Crippen LogP contribution is -2.59. The number of benzene rings is 1. The molecule has 2 N–H and O–H groups in total. The summed E-state index contributed by atoms with van der Waals surface area (Å²) >= 11 is 0. The van der Waals surface area contributed by atoms with Crippen molar-refractivity contribution in [1.29, 1.82) is 0 Å². The Kier molecular flexibility index (Phi) is 5.49. The SMILES string of the molecule is CCCN(CC(=O)NCc1ccc(F)cc1)C1CNC1. The molecule has 1 aliphatic rings. The highest BCUT2D eigenvalue weighted by molar-refractivity contribution is 5.78. The Morgan fingerprint density at radius 1 is 1.40 bits per heavy atom. The highest BCUT2D eigenvalue weighted by Gasteiger charge is 2.25. The van der Waals surface area contributed by atoms with Crippen LogP contribution in [0.4, 0.5) is 4.39 Å². The van der Waals surface area contributed by atoms with Crippen molar-refractivity contribution in [3.8, 4) is 0 Å². The van der Waals surface area contributed by atoms with Crippen LogP contribution in [0.25, 0.3) is 0 Å². The second-order valence-electron chi connectivity index (χ2n) is 5.19. The van der Waals surface area contributed by atoms with Crippen molar-refractivity contribution < 1.29 is 9.18 Å². The van der Waals surface area contributed by atoms with Crippen LogP contribution >= 0.6 is 0 Å². The molecule has 110 valence electrons. The molecule has 1 aromatic rings. The fourth-order valence-electron chi connectivity index (χ4n) is 2.25. The van der Waals surface area contributed by atoms with Gasteiger partial charge in [0.2, 0.25) is 5.91 Å². The lowest BCUT2D eigenvalue weighted by molar-refractivity contribution is -0.123. The van der Waals surface area contributed by atoms with E-state index in [1.165, 1.54) is 12.1 Å². The van der Waals surface area contributed by atoms with Crippen molar-refractivity contribution in [2.45, 2.75) is 25.9 Å². The lowest BCUT2D eigenvalue weighted by atomic mass is 10.1. The van der Waals surface area contributed by atoms with E-state index in [1.807, 2.05) is 0 Å². The van der Waals surface area contributed by atoms with Gasteiger partial charge in [0.15, 0.2) is 0 Å². The van der Waals surface area contributed by atoms with Crippen LogP contribution in [0.3, 0.4) is 0 Å². The molecular weight excluding hydrogens is 257 g/mol. The number of hydrogen-bond acceptors (Lipinski definition) is 3. The number of amides is 1. The third kappa shape index (κ3) is 4.28. The summed E-state index contributed by atoms with van der Waals surface area (Å²) in [6, 6.07) is 6.67. The second-order valence-corrected chi connectivity index (χ2v) is 5.19. The normalized spacial score (nSPS) is 15.2. The average Bonchev–Trinajstić information content (AvgIpc) is 2.36. The van der Waals surface area contributed by atoms with Gasteiger partial charge in [-0.05, 0) is 30.7 Å². The Bertz CT molecular complexity index is 431. The second kappa shape index (κ2) is 7.36. The van der Waals surface area contributed by atoms with Crippen molar-refractivity contribution in [3.63, 3.8) is 0 Å². The molecule has 0 aliphatic carbocycles. The molecule has 0 atom stereocenters. The van der Waals surface area contributed by atoms with Crippen LogP contribution in [0.2, 0.25) is 0 Å². The molecule has 0 aromatic heterocycles. The van der Waals surface area contributed by atoms with Crippen LogP contribution in [0.1, 0.15) is 18.9 Å². The number of halogens is 1. The van der Waals surface area contributed by atoms with Crippen molar-refractivity contribution >= 4 is 5.91 Å². The Labute approximate surface area is 119 Å². The molecule has 0 bridgehead atoms. The number of rotatable bonds is 7. The van der Waals surface area contributed by atoms with Gasteiger partial charge in [0, 0.05) is 25.7 Å². The largest absolute Gasteiger partial charge is 0.351 e. The Morgan fingerprint density at radius 3 is 2.65 bits per heavy atom. The fourth-order valence-corrected chi connectivity index (χ4v) is 2.25. The summed E-state index contributed by atoms with van der Waals surface area (Å²) in [6.45, 7) is 5.87. The van der Waals surface area contributed by atoms with E-state index < -0.39 is 0 Å². The molecular formula is C15H22FN3O. The van der Waals surface area contributed by atoms with E-state index in [-0.39, 0.29) is 11.7 Å². The van der Waals surface area contributed by atoms with E-state index >= 15 is 0 Å². The topological polar surface area (TPSA) is 44.4 Å². The maximum absolute atomic E-state index is 12.8. The minimum atomic E-state index is -0.258. The van der Waals surface area contributed by atoms with Gasteiger partial charge in [-0.2, -0.15) is 0 Å². The fraction of sp³-hybridized carbons (Fsp3) is 0.533. The number of carbonyl (C=O) groups is 1. The average molecular weight is 279 g/mol. The lowest BCUT2D eigenvalue weighted by Gasteiger charge is -2.37. The Morgan fingerprint density at radius 2 is 2.10 bits per heavy atom. The van der Waals surface area contributed by atoms with Gasteiger partial charge in [0.1, 0.15) is 5.82 Å². The van der Waals surface area contributed by atoms with Gasteiger partial charge < -0.3 is 10.6 Å². The van der Waals surface area contributed by atoms with Gasteiger partial charge in [-0.1, -0.05) is 19.1 Å². The number of nitrogens with zero attached hydrogens (tertiary/aromatic N) is 1. The molecule has 1 heterocycles. The van der Waals surface area contributed by atoms with Gasteiger partial charge >= 0.3 is 0 Å². The molecule has 1 fully saturated rings. The van der Waals surface area contributed by atoms with Crippen LogP contribution in [0.15, 0.2) is 24.3 Å². The minimum Gasteiger partial charge on any atom is -0.351 e. The van der Waals surface area contributed by atoms with Gasteiger partial charge in [0.05, 0.1) is 6.54 Å². The van der Waals surface area contributed by atoms with E-state index in [2.05, 4.69) is 22.5 Å². The Balaban J connectivity index is 1.77. The molecule has 0 radical (unpaired) electrons. The number of hydrogen-bond donors (Lipinski definition) is 2. The zero-order valence-electron chi connectivity index (χ0n) is 11.9. The molecule has 20 heavy (non-hydrogen) atoms. The van der Waals surface area contributed by atoms with E-state index in [0.29, 0.717) is 19.1 Å². The molecule has 1 aliphatic heterocycles. The minimum absolute atomic E-state index is 0.0228. The third-order valence-corrected chi connectivity index (χ3v) is 3.54. The molecule has 1 aromatic carbocycles. The smallest absolute Gasteiger partial charge is 0.234 e. The van der Waals surface area contributed by atoms with E-state index in [4.69, 9.17) is 0 Å². The van der Waals surface area contributed by atoms with Gasteiger partial charge in [-0.15, -0.1) is 0 Å². The zero-order valence-corrected chi connectivity index (χ0v) is 11.9. The molecule has 0 spiro atoms. The maximum atomic E-state index is 12.8.